The van der Waals surface area contributed by atoms with E-state index in [9.17, 15) is 9.18 Å². The van der Waals surface area contributed by atoms with E-state index in [0.717, 1.165) is 54.1 Å². The van der Waals surface area contributed by atoms with E-state index in [1.807, 2.05) is 41.3 Å². The molecular weight excluding hydrogens is 403 g/mol. The Bertz CT molecular complexity index is 1030. The van der Waals surface area contributed by atoms with E-state index in [-0.39, 0.29) is 17.6 Å². The number of halogens is 1. The number of piperidine rings is 1. The quantitative estimate of drug-likeness (QED) is 0.518. The van der Waals surface area contributed by atoms with E-state index in [2.05, 4.69) is 6.07 Å². The van der Waals surface area contributed by atoms with Gasteiger partial charge in [-0.2, -0.15) is 0 Å². The third kappa shape index (κ3) is 5.72. The number of likely N-dealkylation sites (tertiary alicyclic amines) is 1. The fraction of sp³-hybridized carbons (Fsp3) is 0.333. The minimum atomic E-state index is -0.227. The molecule has 1 aliphatic rings. The Morgan fingerprint density at radius 3 is 2.56 bits per heavy atom. The Labute approximate surface area is 189 Å². The highest BCUT2D eigenvalue weighted by atomic mass is 19.1. The Hall–Kier alpha value is -3.21. The number of aromatic nitrogens is 1. The fourth-order valence-electron chi connectivity index (χ4n) is 4.28. The molecule has 0 N–H and O–H groups in total. The predicted molar refractivity (Wildman–Crippen MR) is 123 cm³/mol. The summed E-state index contributed by atoms with van der Waals surface area (Å²) in [7, 11) is 1.65. The third-order valence-electron chi connectivity index (χ3n) is 6.11. The minimum absolute atomic E-state index is 0.202. The van der Waals surface area contributed by atoms with E-state index in [4.69, 9.17) is 9.72 Å². The van der Waals surface area contributed by atoms with Crippen LogP contribution in [0.25, 0.3) is 0 Å². The first kappa shape index (κ1) is 22.0. The number of carbonyl (C=O) groups excluding carboxylic acids is 1. The maximum absolute atomic E-state index is 13.2. The molecule has 0 unspecified atom stereocenters. The van der Waals surface area contributed by atoms with Gasteiger partial charge in [-0.3, -0.25) is 9.78 Å². The van der Waals surface area contributed by atoms with Crippen LogP contribution in [0.15, 0.2) is 66.7 Å². The molecule has 166 valence electrons. The lowest BCUT2D eigenvalue weighted by atomic mass is 9.93. The van der Waals surface area contributed by atoms with E-state index in [1.54, 1.807) is 19.2 Å². The highest BCUT2D eigenvalue weighted by molar-refractivity contribution is 5.76. The summed E-state index contributed by atoms with van der Waals surface area (Å²) in [5.74, 6) is 1.05. The molecule has 4 nitrogen and oxygen atoms in total. The normalized spacial score (nSPS) is 16.1. The minimum Gasteiger partial charge on any atom is -0.497 e. The van der Waals surface area contributed by atoms with Crippen molar-refractivity contribution in [2.75, 3.05) is 20.2 Å². The van der Waals surface area contributed by atoms with E-state index >= 15 is 0 Å². The summed E-state index contributed by atoms with van der Waals surface area (Å²) in [6.07, 6.45) is 3.94. The largest absolute Gasteiger partial charge is 0.497 e. The molecule has 32 heavy (non-hydrogen) atoms. The molecule has 4 rings (SSSR count). The monoisotopic (exact) mass is 432 g/mol. The summed E-state index contributed by atoms with van der Waals surface area (Å²) in [6.45, 7) is 1.53. The lowest BCUT2D eigenvalue weighted by Crippen LogP contribution is -2.39. The number of nitrogens with zero attached hydrogens (tertiary/aromatic N) is 2. The van der Waals surface area contributed by atoms with Crippen molar-refractivity contribution in [3.05, 3.63) is 95.1 Å². The van der Waals surface area contributed by atoms with Gasteiger partial charge in [-0.15, -0.1) is 0 Å². The van der Waals surface area contributed by atoms with Crippen LogP contribution in [0.3, 0.4) is 0 Å². The molecular formula is C27H29FN2O2. The second kappa shape index (κ2) is 10.4. The molecule has 0 spiro atoms. The van der Waals surface area contributed by atoms with Gasteiger partial charge in [-0.1, -0.05) is 30.3 Å². The van der Waals surface area contributed by atoms with Crippen molar-refractivity contribution < 1.29 is 13.9 Å². The first-order valence-electron chi connectivity index (χ1n) is 11.2. The molecule has 3 aromatic rings. The Morgan fingerprint density at radius 1 is 1.06 bits per heavy atom. The number of hydrogen-bond donors (Lipinski definition) is 0. The number of methoxy groups -OCH3 is 1. The molecule has 1 aliphatic heterocycles. The summed E-state index contributed by atoms with van der Waals surface area (Å²) in [6, 6.07) is 20.6. The maximum Gasteiger partial charge on any atom is 0.222 e. The van der Waals surface area contributed by atoms with E-state index < -0.39 is 0 Å². The molecule has 1 fully saturated rings. The zero-order valence-corrected chi connectivity index (χ0v) is 18.5. The van der Waals surface area contributed by atoms with Gasteiger partial charge in [0.1, 0.15) is 11.6 Å². The van der Waals surface area contributed by atoms with Gasteiger partial charge in [0.25, 0.3) is 0 Å². The summed E-state index contributed by atoms with van der Waals surface area (Å²) >= 11 is 0. The number of benzene rings is 2. The molecule has 1 atom stereocenters. The van der Waals surface area contributed by atoms with Crippen LogP contribution in [0.5, 0.6) is 5.75 Å². The number of carbonyl (C=O) groups is 1. The van der Waals surface area contributed by atoms with Gasteiger partial charge in [-0.05, 0) is 66.8 Å². The molecule has 0 saturated carbocycles. The third-order valence-corrected chi connectivity index (χ3v) is 6.11. The topological polar surface area (TPSA) is 42.4 Å². The van der Waals surface area contributed by atoms with Crippen LogP contribution in [0, 0.1) is 5.82 Å². The van der Waals surface area contributed by atoms with Crippen LogP contribution < -0.4 is 4.74 Å². The Morgan fingerprint density at radius 2 is 1.81 bits per heavy atom. The van der Waals surface area contributed by atoms with Gasteiger partial charge in [0.15, 0.2) is 0 Å². The average Bonchev–Trinajstić information content (AvgIpc) is 2.84. The van der Waals surface area contributed by atoms with Crippen LogP contribution in [-0.4, -0.2) is 36.0 Å². The number of ether oxygens (including phenoxy) is 1. The standard InChI is InChI=1S/C27H29FN2O2/c1-32-25-14-9-20(10-15-25)11-16-27(31)30-17-3-4-22(19-30)26-6-2-5-24(29-26)18-21-7-12-23(28)13-8-21/h2,5-10,12-15,22H,3-4,11,16-19H2,1H3/t22-/m0/s1. The predicted octanol–water partition coefficient (Wildman–Crippen LogP) is 5.16. The van der Waals surface area contributed by atoms with Gasteiger partial charge in [0.05, 0.1) is 7.11 Å². The summed E-state index contributed by atoms with van der Waals surface area (Å²) < 4.78 is 18.4. The molecule has 0 radical (unpaired) electrons. The van der Waals surface area contributed by atoms with Crippen LogP contribution in [0.4, 0.5) is 4.39 Å². The second-order valence-electron chi connectivity index (χ2n) is 8.38. The summed E-state index contributed by atoms with van der Waals surface area (Å²) in [4.78, 5) is 19.7. The molecule has 2 aromatic carbocycles. The van der Waals surface area contributed by atoms with Gasteiger partial charge in [0.2, 0.25) is 5.91 Å². The molecule has 5 heteroatoms. The molecule has 2 heterocycles. The first-order valence-corrected chi connectivity index (χ1v) is 11.2. The van der Waals surface area contributed by atoms with Crippen molar-refractivity contribution in [2.45, 2.75) is 38.0 Å². The molecule has 1 saturated heterocycles. The summed E-state index contributed by atoms with van der Waals surface area (Å²) in [5.41, 5.74) is 4.19. The van der Waals surface area contributed by atoms with Crippen LogP contribution in [0.1, 0.15) is 47.7 Å². The van der Waals surface area contributed by atoms with Gasteiger partial charge >= 0.3 is 0 Å². The molecule has 1 amide bonds. The van der Waals surface area contributed by atoms with E-state index in [0.29, 0.717) is 19.4 Å². The van der Waals surface area contributed by atoms with Crippen molar-refractivity contribution in [3.63, 3.8) is 0 Å². The zero-order valence-electron chi connectivity index (χ0n) is 18.5. The van der Waals surface area contributed by atoms with Crippen LogP contribution >= 0.6 is 0 Å². The highest BCUT2D eigenvalue weighted by Crippen LogP contribution is 2.27. The van der Waals surface area contributed by atoms with Crippen LogP contribution in [-0.2, 0) is 17.6 Å². The first-order chi connectivity index (χ1) is 15.6. The van der Waals surface area contributed by atoms with Crippen LogP contribution in [0.2, 0.25) is 0 Å². The Balaban J connectivity index is 1.35. The lowest BCUT2D eigenvalue weighted by molar-refractivity contribution is -0.132. The van der Waals surface area contributed by atoms with Crippen molar-refractivity contribution >= 4 is 5.91 Å². The number of rotatable bonds is 7. The average molecular weight is 433 g/mol. The highest BCUT2D eigenvalue weighted by Gasteiger charge is 2.25. The second-order valence-corrected chi connectivity index (χ2v) is 8.38. The zero-order chi connectivity index (χ0) is 22.3. The van der Waals surface area contributed by atoms with Crippen molar-refractivity contribution in [2.24, 2.45) is 0 Å². The smallest absolute Gasteiger partial charge is 0.222 e. The molecule has 0 bridgehead atoms. The van der Waals surface area contributed by atoms with Crippen molar-refractivity contribution in [1.29, 1.82) is 0 Å². The Kier molecular flexibility index (Phi) is 7.15. The van der Waals surface area contributed by atoms with E-state index in [1.165, 1.54) is 12.1 Å². The number of hydrogen-bond acceptors (Lipinski definition) is 3. The van der Waals surface area contributed by atoms with Gasteiger partial charge in [-0.25, -0.2) is 4.39 Å². The molecule has 1 aromatic heterocycles. The number of pyridine rings is 1. The summed E-state index contributed by atoms with van der Waals surface area (Å²) in [5, 5.41) is 0. The number of amides is 1. The van der Waals surface area contributed by atoms with Gasteiger partial charge in [0, 0.05) is 43.2 Å². The fourth-order valence-corrected chi connectivity index (χ4v) is 4.28. The molecule has 0 aliphatic carbocycles. The van der Waals surface area contributed by atoms with Crippen molar-refractivity contribution in [3.8, 4) is 5.75 Å². The SMILES string of the molecule is COc1ccc(CCC(=O)N2CCC[C@H](c3cccc(Cc4ccc(F)cc4)n3)C2)cc1. The maximum atomic E-state index is 13.2. The number of aryl methyl sites for hydroxylation is 1. The van der Waals surface area contributed by atoms with Crippen molar-refractivity contribution in [1.82, 2.24) is 9.88 Å². The lowest BCUT2D eigenvalue weighted by Gasteiger charge is -2.32. The van der Waals surface area contributed by atoms with Gasteiger partial charge < -0.3 is 9.64 Å².